The molecule has 1 aromatic carbocycles. The van der Waals surface area contributed by atoms with Crippen molar-refractivity contribution in [2.75, 3.05) is 0 Å². The lowest BCUT2D eigenvalue weighted by Crippen LogP contribution is -2.53. The van der Waals surface area contributed by atoms with Crippen molar-refractivity contribution in [3.05, 3.63) is 35.9 Å². The van der Waals surface area contributed by atoms with E-state index >= 15 is 0 Å². The fraction of sp³-hybridized carbons (Fsp3) is 0.385. The Morgan fingerprint density at radius 2 is 1.85 bits per heavy atom. The molecule has 20 heavy (non-hydrogen) atoms. The minimum atomic E-state index is -4.52. The SMILES string of the molecule is O=C1CCC(NC(c2ccccc2)C(F)(F)F)C(=O)N1. The molecular weight excluding hydrogens is 273 g/mol. The Labute approximate surface area is 113 Å². The van der Waals surface area contributed by atoms with E-state index in [0.29, 0.717) is 0 Å². The van der Waals surface area contributed by atoms with E-state index in [1.54, 1.807) is 6.07 Å². The van der Waals surface area contributed by atoms with Gasteiger partial charge in [-0.3, -0.25) is 20.2 Å². The molecule has 1 heterocycles. The van der Waals surface area contributed by atoms with E-state index in [2.05, 4.69) is 5.32 Å². The van der Waals surface area contributed by atoms with Gasteiger partial charge in [-0.1, -0.05) is 30.3 Å². The molecule has 0 saturated carbocycles. The Morgan fingerprint density at radius 1 is 1.20 bits per heavy atom. The number of benzene rings is 1. The van der Waals surface area contributed by atoms with Crippen molar-refractivity contribution >= 4 is 11.8 Å². The molecule has 2 unspecified atom stereocenters. The molecule has 1 saturated heterocycles. The second-order valence-electron chi connectivity index (χ2n) is 4.56. The Balaban J connectivity index is 2.17. The van der Waals surface area contributed by atoms with Crippen LogP contribution in [-0.2, 0) is 9.59 Å². The summed E-state index contributed by atoms with van der Waals surface area (Å²) in [6.07, 6.45) is -4.43. The highest BCUT2D eigenvalue weighted by molar-refractivity contribution is 6.00. The van der Waals surface area contributed by atoms with Crippen LogP contribution in [0.25, 0.3) is 0 Å². The second-order valence-corrected chi connectivity index (χ2v) is 4.56. The molecule has 1 aliphatic rings. The minimum Gasteiger partial charge on any atom is -0.295 e. The van der Waals surface area contributed by atoms with Crippen molar-refractivity contribution in [2.24, 2.45) is 0 Å². The molecule has 0 radical (unpaired) electrons. The first-order chi connectivity index (χ1) is 9.38. The molecular formula is C13H13F3N2O2. The van der Waals surface area contributed by atoms with E-state index in [1.807, 2.05) is 5.32 Å². The molecule has 0 aromatic heterocycles. The van der Waals surface area contributed by atoms with E-state index in [4.69, 9.17) is 0 Å². The van der Waals surface area contributed by atoms with Crippen molar-refractivity contribution < 1.29 is 22.8 Å². The average Bonchev–Trinajstić information content (AvgIpc) is 2.37. The molecule has 7 heteroatoms. The second kappa shape index (κ2) is 5.62. The Hall–Kier alpha value is -1.89. The van der Waals surface area contributed by atoms with Gasteiger partial charge < -0.3 is 0 Å². The van der Waals surface area contributed by atoms with Gasteiger partial charge in [0.05, 0.1) is 6.04 Å². The van der Waals surface area contributed by atoms with Crippen LogP contribution in [0.5, 0.6) is 0 Å². The lowest BCUT2D eigenvalue weighted by molar-refractivity contribution is -0.161. The van der Waals surface area contributed by atoms with Gasteiger partial charge in [-0.2, -0.15) is 13.2 Å². The molecule has 0 aliphatic carbocycles. The third-order valence-corrected chi connectivity index (χ3v) is 3.07. The quantitative estimate of drug-likeness (QED) is 0.831. The van der Waals surface area contributed by atoms with Crippen molar-refractivity contribution in [3.8, 4) is 0 Å². The van der Waals surface area contributed by atoms with Crippen LogP contribution in [0.15, 0.2) is 30.3 Å². The molecule has 1 aliphatic heterocycles. The number of halogens is 3. The first kappa shape index (κ1) is 14.5. The Bertz CT molecular complexity index is 502. The molecule has 2 N–H and O–H groups in total. The van der Waals surface area contributed by atoms with Gasteiger partial charge in [0.1, 0.15) is 6.04 Å². The zero-order valence-corrected chi connectivity index (χ0v) is 10.4. The summed E-state index contributed by atoms with van der Waals surface area (Å²) in [5.41, 5.74) is 0.0321. The van der Waals surface area contributed by atoms with Crippen LogP contribution < -0.4 is 10.6 Å². The molecule has 2 rings (SSSR count). The van der Waals surface area contributed by atoms with Crippen molar-refractivity contribution in [2.45, 2.75) is 31.1 Å². The van der Waals surface area contributed by atoms with Gasteiger partial charge in [0.2, 0.25) is 11.8 Å². The van der Waals surface area contributed by atoms with E-state index in [1.165, 1.54) is 24.3 Å². The molecule has 2 amide bonds. The number of imide groups is 1. The van der Waals surface area contributed by atoms with E-state index < -0.39 is 30.1 Å². The summed E-state index contributed by atoms with van der Waals surface area (Å²) in [5, 5.41) is 4.32. The number of rotatable bonds is 3. The van der Waals surface area contributed by atoms with Gasteiger partial charge in [0.15, 0.2) is 0 Å². The molecule has 108 valence electrons. The fourth-order valence-corrected chi connectivity index (χ4v) is 2.08. The van der Waals surface area contributed by atoms with Crippen LogP contribution in [0.4, 0.5) is 13.2 Å². The predicted molar refractivity (Wildman–Crippen MR) is 64.5 cm³/mol. The summed E-state index contributed by atoms with van der Waals surface area (Å²) < 4.78 is 39.3. The molecule has 0 bridgehead atoms. The first-order valence-electron chi connectivity index (χ1n) is 6.09. The Kier molecular flexibility index (Phi) is 4.08. The highest BCUT2D eigenvalue weighted by atomic mass is 19.4. The minimum absolute atomic E-state index is 0.0305. The summed E-state index contributed by atoms with van der Waals surface area (Å²) in [7, 11) is 0. The maximum Gasteiger partial charge on any atom is 0.407 e. The van der Waals surface area contributed by atoms with Gasteiger partial charge in [0, 0.05) is 6.42 Å². The fourth-order valence-electron chi connectivity index (χ4n) is 2.08. The van der Waals surface area contributed by atoms with Gasteiger partial charge in [-0.15, -0.1) is 0 Å². The lowest BCUT2D eigenvalue weighted by atomic mass is 10.0. The number of alkyl halides is 3. The van der Waals surface area contributed by atoms with Crippen molar-refractivity contribution in [1.82, 2.24) is 10.6 Å². The monoisotopic (exact) mass is 286 g/mol. The molecule has 1 aromatic rings. The number of carbonyl (C=O) groups is 2. The standard InChI is InChI=1S/C13H13F3N2O2/c14-13(15,16)11(8-4-2-1-3-5-8)17-9-6-7-10(19)18-12(9)20/h1-5,9,11,17H,6-7H2,(H,18,19,20). The van der Waals surface area contributed by atoms with Crippen LogP contribution in [0.1, 0.15) is 24.4 Å². The number of piperidine rings is 1. The van der Waals surface area contributed by atoms with Gasteiger partial charge >= 0.3 is 6.18 Å². The van der Waals surface area contributed by atoms with Crippen LogP contribution in [0.2, 0.25) is 0 Å². The predicted octanol–water partition coefficient (Wildman–Crippen LogP) is 1.68. The normalized spacial score (nSPS) is 21.4. The molecule has 0 spiro atoms. The van der Waals surface area contributed by atoms with Gasteiger partial charge in [0.25, 0.3) is 0 Å². The third-order valence-electron chi connectivity index (χ3n) is 3.07. The topological polar surface area (TPSA) is 58.2 Å². The number of hydrogen-bond acceptors (Lipinski definition) is 3. The molecule has 4 nitrogen and oxygen atoms in total. The summed E-state index contributed by atoms with van der Waals surface area (Å²) in [5.74, 6) is -1.18. The zero-order valence-electron chi connectivity index (χ0n) is 10.4. The molecule has 1 fully saturated rings. The average molecular weight is 286 g/mol. The lowest BCUT2D eigenvalue weighted by Gasteiger charge is -2.29. The maximum atomic E-state index is 13.1. The van der Waals surface area contributed by atoms with Crippen LogP contribution in [0, 0.1) is 0 Å². The number of hydrogen-bond donors (Lipinski definition) is 2. The maximum absolute atomic E-state index is 13.1. The third kappa shape index (κ3) is 3.36. The highest BCUT2D eigenvalue weighted by Crippen LogP contribution is 2.33. The van der Waals surface area contributed by atoms with E-state index in [0.717, 1.165) is 0 Å². The summed E-state index contributed by atoms with van der Waals surface area (Å²) in [6, 6.07) is 4.34. The van der Waals surface area contributed by atoms with E-state index in [9.17, 15) is 22.8 Å². The Morgan fingerprint density at radius 3 is 2.40 bits per heavy atom. The van der Waals surface area contributed by atoms with Crippen molar-refractivity contribution in [3.63, 3.8) is 0 Å². The van der Waals surface area contributed by atoms with Gasteiger partial charge in [-0.05, 0) is 12.0 Å². The number of nitrogens with one attached hydrogen (secondary N) is 2. The highest BCUT2D eigenvalue weighted by Gasteiger charge is 2.43. The van der Waals surface area contributed by atoms with E-state index in [-0.39, 0.29) is 18.4 Å². The summed E-state index contributed by atoms with van der Waals surface area (Å²) in [4.78, 5) is 22.5. The first-order valence-corrected chi connectivity index (χ1v) is 6.09. The largest absolute Gasteiger partial charge is 0.407 e. The smallest absolute Gasteiger partial charge is 0.295 e. The summed E-state index contributed by atoms with van der Waals surface area (Å²) in [6.45, 7) is 0. The number of amides is 2. The van der Waals surface area contributed by atoms with Gasteiger partial charge in [-0.25, -0.2) is 0 Å². The van der Waals surface area contributed by atoms with Crippen LogP contribution in [0.3, 0.4) is 0 Å². The van der Waals surface area contributed by atoms with Crippen LogP contribution in [-0.4, -0.2) is 24.0 Å². The number of carbonyl (C=O) groups excluding carboxylic acids is 2. The van der Waals surface area contributed by atoms with Crippen LogP contribution >= 0.6 is 0 Å². The molecule has 2 atom stereocenters. The zero-order chi connectivity index (χ0) is 14.8. The van der Waals surface area contributed by atoms with Crippen molar-refractivity contribution in [1.29, 1.82) is 0 Å². The summed E-state index contributed by atoms with van der Waals surface area (Å²) >= 11 is 0.